The molecular weight excluding hydrogens is 242 g/mol. The standard InChI is InChI=1S/C15H21NO3/c1-11(17)16-10-9-12-5-7-13(8-6-12)14(18)19-15(2,3)4/h5-8H,9-10H2,1-4H3,(H,16,17). The van der Waals surface area contributed by atoms with Crippen LogP contribution in [0, 0.1) is 0 Å². The van der Waals surface area contributed by atoms with Crippen molar-refractivity contribution in [1.82, 2.24) is 5.32 Å². The second-order valence-electron chi connectivity index (χ2n) is 5.43. The number of hydrogen-bond donors (Lipinski definition) is 1. The van der Waals surface area contributed by atoms with Gasteiger partial charge in [0.1, 0.15) is 5.60 Å². The summed E-state index contributed by atoms with van der Waals surface area (Å²) in [5.41, 5.74) is 1.13. The number of amides is 1. The van der Waals surface area contributed by atoms with Gasteiger partial charge < -0.3 is 10.1 Å². The summed E-state index contributed by atoms with van der Waals surface area (Å²) < 4.78 is 5.28. The number of rotatable bonds is 4. The van der Waals surface area contributed by atoms with Crippen molar-refractivity contribution in [2.75, 3.05) is 6.54 Å². The van der Waals surface area contributed by atoms with Gasteiger partial charge >= 0.3 is 5.97 Å². The van der Waals surface area contributed by atoms with Crippen molar-refractivity contribution in [3.63, 3.8) is 0 Å². The minimum Gasteiger partial charge on any atom is -0.456 e. The first-order valence-corrected chi connectivity index (χ1v) is 6.34. The number of hydrogen-bond acceptors (Lipinski definition) is 3. The number of benzene rings is 1. The molecule has 104 valence electrons. The van der Waals surface area contributed by atoms with Gasteiger partial charge in [-0.15, -0.1) is 0 Å². The Morgan fingerprint density at radius 2 is 1.74 bits per heavy atom. The van der Waals surface area contributed by atoms with Crippen LogP contribution in [-0.2, 0) is 16.0 Å². The molecule has 0 spiro atoms. The van der Waals surface area contributed by atoms with Crippen molar-refractivity contribution in [2.24, 2.45) is 0 Å². The maximum Gasteiger partial charge on any atom is 0.338 e. The van der Waals surface area contributed by atoms with Gasteiger partial charge in [0.05, 0.1) is 5.56 Å². The van der Waals surface area contributed by atoms with E-state index in [9.17, 15) is 9.59 Å². The van der Waals surface area contributed by atoms with Crippen molar-refractivity contribution in [3.8, 4) is 0 Å². The van der Waals surface area contributed by atoms with Crippen LogP contribution in [0.1, 0.15) is 43.6 Å². The van der Waals surface area contributed by atoms with Crippen LogP contribution >= 0.6 is 0 Å². The topological polar surface area (TPSA) is 55.4 Å². The van der Waals surface area contributed by atoms with Crippen molar-refractivity contribution in [2.45, 2.75) is 39.7 Å². The smallest absolute Gasteiger partial charge is 0.338 e. The van der Waals surface area contributed by atoms with E-state index in [0.29, 0.717) is 12.1 Å². The quantitative estimate of drug-likeness (QED) is 0.848. The summed E-state index contributed by atoms with van der Waals surface area (Å²) in [6, 6.07) is 7.25. The maximum atomic E-state index is 11.8. The van der Waals surface area contributed by atoms with Gasteiger partial charge in [-0.25, -0.2) is 4.79 Å². The summed E-state index contributed by atoms with van der Waals surface area (Å²) in [5.74, 6) is -0.355. The molecule has 4 heteroatoms. The number of ether oxygens (including phenoxy) is 1. The Morgan fingerprint density at radius 1 is 1.16 bits per heavy atom. The number of carbonyl (C=O) groups excluding carboxylic acids is 2. The van der Waals surface area contributed by atoms with Crippen molar-refractivity contribution < 1.29 is 14.3 Å². The van der Waals surface area contributed by atoms with Crippen LogP contribution in [0.2, 0.25) is 0 Å². The second kappa shape index (κ2) is 6.36. The average Bonchev–Trinajstić information content (AvgIpc) is 2.27. The zero-order valence-electron chi connectivity index (χ0n) is 11.9. The minimum atomic E-state index is -0.485. The summed E-state index contributed by atoms with van der Waals surface area (Å²) in [6.07, 6.45) is 0.744. The van der Waals surface area contributed by atoms with Crippen LogP contribution in [0.25, 0.3) is 0 Å². The summed E-state index contributed by atoms with van der Waals surface area (Å²) in [7, 11) is 0. The fourth-order valence-electron chi connectivity index (χ4n) is 1.53. The van der Waals surface area contributed by atoms with Gasteiger partial charge in [-0.2, -0.15) is 0 Å². The molecule has 1 aromatic rings. The molecule has 0 aliphatic rings. The summed E-state index contributed by atoms with van der Waals surface area (Å²) in [5, 5.41) is 2.73. The molecule has 0 unspecified atom stereocenters. The van der Waals surface area contributed by atoms with E-state index in [0.717, 1.165) is 12.0 Å². The van der Waals surface area contributed by atoms with Crippen LogP contribution in [0.15, 0.2) is 24.3 Å². The van der Waals surface area contributed by atoms with Gasteiger partial charge in [-0.05, 0) is 44.9 Å². The highest BCUT2D eigenvalue weighted by Gasteiger charge is 2.17. The molecule has 1 rings (SSSR count). The molecule has 0 atom stereocenters. The van der Waals surface area contributed by atoms with Gasteiger partial charge in [0, 0.05) is 13.5 Å². The third-order valence-corrected chi connectivity index (χ3v) is 2.38. The largest absolute Gasteiger partial charge is 0.456 e. The number of esters is 1. The lowest BCUT2D eigenvalue weighted by Gasteiger charge is -2.19. The fraction of sp³-hybridized carbons (Fsp3) is 0.467. The third-order valence-electron chi connectivity index (χ3n) is 2.38. The van der Waals surface area contributed by atoms with Gasteiger partial charge in [0.2, 0.25) is 5.91 Å². The molecule has 0 heterocycles. The highest BCUT2D eigenvalue weighted by atomic mass is 16.6. The summed E-state index contributed by atoms with van der Waals surface area (Å²) in [6.45, 7) is 7.61. The van der Waals surface area contributed by atoms with Crippen LogP contribution < -0.4 is 5.32 Å². The van der Waals surface area contributed by atoms with E-state index in [1.54, 1.807) is 12.1 Å². The first-order valence-electron chi connectivity index (χ1n) is 6.34. The molecule has 0 saturated carbocycles. The van der Waals surface area contributed by atoms with E-state index in [4.69, 9.17) is 4.74 Å². The van der Waals surface area contributed by atoms with Crippen LogP contribution in [-0.4, -0.2) is 24.0 Å². The lowest BCUT2D eigenvalue weighted by atomic mass is 10.1. The molecule has 0 radical (unpaired) electrons. The number of carbonyl (C=O) groups is 2. The SMILES string of the molecule is CC(=O)NCCc1ccc(C(=O)OC(C)(C)C)cc1. The summed E-state index contributed by atoms with van der Waals surface area (Å²) >= 11 is 0. The molecule has 0 saturated heterocycles. The highest BCUT2D eigenvalue weighted by Crippen LogP contribution is 2.13. The molecule has 0 fully saturated rings. The van der Waals surface area contributed by atoms with Crippen LogP contribution in [0.4, 0.5) is 0 Å². The van der Waals surface area contributed by atoms with E-state index >= 15 is 0 Å². The van der Waals surface area contributed by atoms with E-state index in [-0.39, 0.29) is 11.9 Å². The van der Waals surface area contributed by atoms with Crippen LogP contribution in [0.5, 0.6) is 0 Å². The van der Waals surface area contributed by atoms with Gasteiger partial charge in [0.25, 0.3) is 0 Å². The minimum absolute atomic E-state index is 0.0367. The van der Waals surface area contributed by atoms with Crippen molar-refractivity contribution >= 4 is 11.9 Å². The van der Waals surface area contributed by atoms with Crippen LogP contribution in [0.3, 0.4) is 0 Å². The summed E-state index contributed by atoms with van der Waals surface area (Å²) in [4.78, 5) is 22.5. The predicted molar refractivity (Wildman–Crippen MR) is 74.0 cm³/mol. The molecule has 0 aliphatic carbocycles. The number of nitrogens with one attached hydrogen (secondary N) is 1. The van der Waals surface area contributed by atoms with Crippen molar-refractivity contribution in [3.05, 3.63) is 35.4 Å². The molecule has 4 nitrogen and oxygen atoms in total. The Morgan fingerprint density at radius 3 is 2.21 bits per heavy atom. The lowest BCUT2D eigenvalue weighted by molar-refractivity contribution is -0.118. The average molecular weight is 263 g/mol. The molecular formula is C15H21NO3. The molecule has 1 aromatic carbocycles. The molecule has 0 bridgehead atoms. The van der Waals surface area contributed by atoms with E-state index in [2.05, 4.69) is 5.32 Å². The van der Waals surface area contributed by atoms with E-state index in [1.807, 2.05) is 32.9 Å². The lowest BCUT2D eigenvalue weighted by Crippen LogP contribution is -2.24. The Bertz CT molecular complexity index is 443. The fourth-order valence-corrected chi connectivity index (χ4v) is 1.53. The molecule has 1 N–H and O–H groups in total. The first-order chi connectivity index (χ1) is 8.78. The van der Waals surface area contributed by atoms with E-state index < -0.39 is 5.60 Å². The molecule has 1 amide bonds. The van der Waals surface area contributed by atoms with Crippen molar-refractivity contribution in [1.29, 1.82) is 0 Å². The zero-order chi connectivity index (χ0) is 14.5. The van der Waals surface area contributed by atoms with Gasteiger partial charge in [-0.3, -0.25) is 4.79 Å². The molecule has 0 aliphatic heterocycles. The normalized spacial score (nSPS) is 10.9. The molecule has 19 heavy (non-hydrogen) atoms. The Balaban J connectivity index is 2.56. The van der Waals surface area contributed by atoms with Gasteiger partial charge in [-0.1, -0.05) is 12.1 Å². The maximum absolute atomic E-state index is 11.8. The van der Waals surface area contributed by atoms with E-state index in [1.165, 1.54) is 6.92 Å². The Hall–Kier alpha value is -1.84. The Labute approximate surface area is 114 Å². The monoisotopic (exact) mass is 263 g/mol. The third kappa shape index (κ3) is 6.04. The zero-order valence-corrected chi connectivity index (χ0v) is 11.9. The second-order valence-corrected chi connectivity index (χ2v) is 5.43. The Kier molecular flexibility index (Phi) is 5.10. The predicted octanol–water partition coefficient (Wildman–Crippen LogP) is 2.32. The van der Waals surface area contributed by atoms with Gasteiger partial charge in [0.15, 0.2) is 0 Å². The molecule has 0 aromatic heterocycles. The first kappa shape index (κ1) is 15.2. The highest BCUT2D eigenvalue weighted by molar-refractivity contribution is 5.89.